The second-order valence-electron chi connectivity index (χ2n) is 9.00. The molecule has 3 aromatic carbocycles. The number of nitrogens with zero attached hydrogens (tertiary/aromatic N) is 1. The van der Waals surface area contributed by atoms with Gasteiger partial charge in [0.05, 0.1) is 18.4 Å². The van der Waals surface area contributed by atoms with Crippen LogP contribution in [0.4, 0.5) is 5.69 Å². The molecule has 1 N–H and O–H groups in total. The van der Waals surface area contributed by atoms with E-state index in [1.54, 1.807) is 0 Å². The third kappa shape index (κ3) is 4.15. The van der Waals surface area contributed by atoms with Crippen LogP contribution in [0.1, 0.15) is 67.7 Å². The molecule has 1 fully saturated rings. The zero-order valence-electron chi connectivity index (χ0n) is 18.9. The van der Waals surface area contributed by atoms with Crippen LogP contribution in [0.5, 0.6) is 0 Å². The first-order valence-electron chi connectivity index (χ1n) is 11.3. The zero-order valence-corrected chi connectivity index (χ0v) is 18.9. The molecule has 160 valence electrons. The van der Waals surface area contributed by atoms with Crippen molar-refractivity contribution < 1.29 is 4.79 Å². The quantitative estimate of drug-likeness (QED) is 0.536. The molecule has 0 radical (unpaired) electrons. The predicted molar refractivity (Wildman–Crippen MR) is 129 cm³/mol. The fourth-order valence-electron chi connectivity index (χ4n) is 4.69. The Bertz CT molecular complexity index is 962. The fourth-order valence-corrected chi connectivity index (χ4v) is 4.69. The number of benzene rings is 3. The van der Waals surface area contributed by atoms with Crippen LogP contribution in [-0.4, -0.2) is 18.6 Å². The Morgan fingerprint density at radius 1 is 0.742 bits per heavy atom. The molecule has 1 atom stereocenters. The van der Waals surface area contributed by atoms with Gasteiger partial charge in [-0.05, 0) is 34.1 Å². The molecular formula is C28H32N2O. The molecule has 3 aromatic rings. The Kier molecular flexibility index (Phi) is 6.24. The molecule has 1 amide bonds. The lowest BCUT2D eigenvalue weighted by Crippen LogP contribution is -2.37. The number of amides is 1. The van der Waals surface area contributed by atoms with Crippen molar-refractivity contribution in [3.05, 3.63) is 101 Å². The molecule has 3 heteroatoms. The molecule has 3 nitrogen and oxygen atoms in total. The standard InChI is InChI=1S/C28H32N2O/c1-19(2)23-16-11-17-24(20(3)4)27(23)30-18-29-26(28(30)31)25(21-12-7-5-8-13-21)22-14-9-6-10-15-22/h5-17,19-20,25-26,29H,18H2,1-4H3. The number of para-hydroxylation sites is 1. The predicted octanol–water partition coefficient (Wildman–Crippen LogP) is 6.03. The van der Waals surface area contributed by atoms with Gasteiger partial charge in [-0.15, -0.1) is 0 Å². The third-order valence-electron chi connectivity index (χ3n) is 6.26. The highest BCUT2D eigenvalue weighted by Gasteiger charge is 2.40. The summed E-state index contributed by atoms with van der Waals surface area (Å²) in [6.07, 6.45) is 0. The van der Waals surface area contributed by atoms with Gasteiger partial charge in [-0.25, -0.2) is 0 Å². The van der Waals surface area contributed by atoms with E-state index in [4.69, 9.17) is 0 Å². The molecule has 0 spiro atoms. The van der Waals surface area contributed by atoms with Crippen LogP contribution in [-0.2, 0) is 4.79 Å². The number of nitrogens with one attached hydrogen (secondary N) is 1. The van der Waals surface area contributed by atoms with Crippen LogP contribution in [0.25, 0.3) is 0 Å². The van der Waals surface area contributed by atoms with E-state index >= 15 is 0 Å². The summed E-state index contributed by atoms with van der Waals surface area (Å²) in [4.78, 5) is 15.9. The second-order valence-corrected chi connectivity index (χ2v) is 9.00. The van der Waals surface area contributed by atoms with Crippen molar-refractivity contribution in [2.75, 3.05) is 11.6 Å². The molecular weight excluding hydrogens is 380 g/mol. The molecule has 31 heavy (non-hydrogen) atoms. The first-order chi connectivity index (χ1) is 15.0. The summed E-state index contributed by atoms with van der Waals surface area (Å²) in [6.45, 7) is 9.33. The average Bonchev–Trinajstić information content (AvgIpc) is 3.15. The van der Waals surface area contributed by atoms with E-state index in [1.165, 1.54) is 11.1 Å². The van der Waals surface area contributed by atoms with E-state index in [0.717, 1.165) is 16.8 Å². The molecule has 0 aromatic heterocycles. The van der Waals surface area contributed by atoms with Gasteiger partial charge in [-0.1, -0.05) is 107 Å². The summed E-state index contributed by atoms with van der Waals surface area (Å²) < 4.78 is 0. The first kappa shape index (κ1) is 21.3. The number of hydrogen-bond donors (Lipinski definition) is 1. The summed E-state index contributed by atoms with van der Waals surface area (Å²) in [5, 5.41) is 3.56. The molecule has 0 aliphatic carbocycles. The molecule has 1 heterocycles. The van der Waals surface area contributed by atoms with Crippen molar-refractivity contribution in [3.8, 4) is 0 Å². The van der Waals surface area contributed by atoms with Gasteiger partial charge in [0, 0.05) is 5.92 Å². The molecule has 1 aliphatic heterocycles. The number of carbonyl (C=O) groups excluding carboxylic acids is 1. The maximum Gasteiger partial charge on any atom is 0.246 e. The van der Waals surface area contributed by atoms with Gasteiger partial charge in [-0.2, -0.15) is 0 Å². The van der Waals surface area contributed by atoms with Crippen LogP contribution in [0, 0.1) is 0 Å². The number of carbonyl (C=O) groups is 1. The minimum Gasteiger partial charge on any atom is -0.297 e. The molecule has 1 aliphatic rings. The Labute approximate surface area is 186 Å². The fraction of sp³-hybridized carbons (Fsp3) is 0.321. The highest BCUT2D eigenvalue weighted by Crippen LogP contribution is 2.39. The monoisotopic (exact) mass is 412 g/mol. The van der Waals surface area contributed by atoms with E-state index in [2.05, 4.69) is 75.5 Å². The maximum atomic E-state index is 13.9. The molecule has 4 rings (SSSR count). The smallest absolute Gasteiger partial charge is 0.246 e. The topological polar surface area (TPSA) is 32.3 Å². The van der Waals surface area contributed by atoms with Gasteiger partial charge in [0.2, 0.25) is 5.91 Å². The lowest BCUT2D eigenvalue weighted by Gasteiger charge is -2.27. The number of anilines is 1. The van der Waals surface area contributed by atoms with Gasteiger partial charge in [0.25, 0.3) is 0 Å². The van der Waals surface area contributed by atoms with E-state index in [-0.39, 0.29) is 17.9 Å². The Hall–Kier alpha value is -2.91. The van der Waals surface area contributed by atoms with Gasteiger partial charge in [0.15, 0.2) is 0 Å². The zero-order chi connectivity index (χ0) is 22.0. The summed E-state index contributed by atoms with van der Waals surface area (Å²) in [5.74, 6) is 0.806. The van der Waals surface area contributed by atoms with E-state index in [0.29, 0.717) is 18.5 Å². The van der Waals surface area contributed by atoms with Gasteiger partial charge in [-0.3, -0.25) is 15.0 Å². The largest absolute Gasteiger partial charge is 0.297 e. The van der Waals surface area contributed by atoms with Crippen molar-refractivity contribution in [3.63, 3.8) is 0 Å². The summed E-state index contributed by atoms with van der Waals surface area (Å²) >= 11 is 0. The highest BCUT2D eigenvalue weighted by atomic mass is 16.2. The lowest BCUT2D eigenvalue weighted by atomic mass is 9.84. The minimum absolute atomic E-state index is 0.0337. The lowest BCUT2D eigenvalue weighted by molar-refractivity contribution is -0.118. The summed E-state index contributed by atoms with van der Waals surface area (Å²) in [7, 11) is 0. The van der Waals surface area contributed by atoms with E-state index in [1.807, 2.05) is 41.3 Å². The maximum absolute atomic E-state index is 13.9. The summed E-state index contributed by atoms with van der Waals surface area (Å²) in [5.41, 5.74) is 5.87. The van der Waals surface area contributed by atoms with Crippen molar-refractivity contribution in [1.82, 2.24) is 5.32 Å². The Morgan fingerprint density at radius 2 is 1.23 bits per heavy atom. The van der Waals surface area contributed by atoms with Crippen molar-refractivity contribution in [2.45, 2.75) is 51.5 Å². The molecule has 1 unspecified atom stereocenters. The normalized spacial score (nSPS) is 16.7. The van der Waals surface area contributed by atoms with Gasteiger partial charge in [0.1, 0.15) is 0 Å². The van der Waals surface area contributed by atoms with Crippen molar-refractivity contribution >= 4 is 11.6 Å². The molecule has 0 bridgehead atoms. The van der Waals surface area contributed by atoms with Crippen LogP contribution < -0.4 is 10.2 Å². The van der Waals surface area contributed by atoms with Crippen LogP contribution in [0.15, 0.2) is 78.9 Å². The molecule has 1 saturated heterocycles. The second kappa shape index (κ2) is 9.07. The number of rotatable bonds is 6. The highest BCUT2D eigenvalue weighted by molar-refractivity contribution is 6.01. The van der Waals surface area contributed by atoms with E-state index < -0.39 is 0 Å². The average molecular weight is 413 g/mol. The third-order valence-corrected chi connectivity index (χ3v) is 6.26. The Morgan fingerprint density at radius 3 is 1.68 bits per heavy atom. The SMILES string of the molecule is CC(C)c1cccc(C(C)C)c1N1CNC(C(c2ccccc2)c2ccccc2)C1=O. The number of hydrogen-bond acceptors (Lipinski definition) is 2. The van der Waals surface area contributed by atoms with Crippen LogP contribution in [0.2, 0.25) is 0 Å². The van der Waals surface area contributed by atoms with Crippen molar-refractivity contribution in [2.24, 2.45) is 0 Å². The minimum atomic E-state index is -0.301. The molecule has 0 saturated carbocycles. The van der Waals surface area contributed by atoms with Crippen LogP contribution in [0.3, 0.4) is 0 Å². The Balaban J connectivity index is 1.77. The van der Waals surface area contributed by atoms with E-state index in [9.17, 15) is 4.79 Å². The van der Waals surface area contributed by atoms with Crippen molar-refractivity contribution in [1.29, 1.82) is 0 Å². The van der Waals surface area contributed by atoms with Gasteiger partial charge < -0.3 is 0 Å². The first-order valence-corrected chi connectivity index (χ1v) is 11.3. The van der Waals surface area contributed by atoms with Crippen LogP contribution >= 0.6 is 0 Å². The summed E-state index contributed by atoms with van der Waals surface area (Å²) in [6, 6.07) is 26.9. The van der Waals surface area contributed by atoms with Gasteiger partial charge >= 0.3 is 0 Å².